The highest BCUT2D eigenvalue weighted by Gasteiger charge is 2.25. The van der Waals surface area contributed by atoms with Crippen molar-refractivity contribution >= 4 is 22.9 Å². The summed E-state index contributed by atoms with van der Waals surface area (Å²) in [5.41, 5.74) is 3.96. The summed E-state index contributed by atoms with van der Waals surface area (Å²) in [7, 11) is 0. The lowest BCUT2D eigenvalue weighted by atomic mass is 9.93. The third-order valence-corrected chi connectivity index (χ3v) is 5.85. The molecule has 7 heteroatoms. The molecule has 2 N–H and O–H groups in total. The van der Waals surface area contributed by atoms with E-state index in [-0.39, 0.29) is 18.1 Å². The van der Waals surface area contributed by atoms with Crippen LogP contribution in [0.25, 0.3) is 22.3 Å². The molecule has 156 valence electrons. The van der Waals surface area contributed by atoms with E-state index in [9.17, 15) is 9.90 Å². The van der Waals surface area contributed by atoms with E-state index in [1.807, 2.05) is 36.4 Å². The smallest absolute Gasteiger partial charge is 0.258 e. The summed E-state index contributed by atoms with van der Waals surface area (Å²) in [5.74, 6) is 0.306. The van der Waals surface area contributed by atoms with Gasteiger partial charge in [-0.2, -0.15) is 0 Å². The number of aromatic nitrogens is 4. The highest BCUT2D eigenvalue weighted by Crippen LogP contribution is 2.34. The molecule has 31 heavy (non-hydrogen) atoms. The lowest BCUT2D eigenvalue weighted by molar-refractivity contribution is 0.102. The van der Waals surface area contributed by atoms with Crippen LogP contribution in [0.15, 0.2) is 67.1 Å². The molecular formula is C24H23N5O2. The molecule has 3 aromatic heterocycles. The van der Waals surface area contributed by atoms with E-state index >= 15 is 0 Å². The van der Waals surface area contributed by atoms with E-state index in [0.29, 0.717) is 17.2 Å². The Kier molecular flexibility index (Phi) is 5.18. The van der Waals surface area contributed by atoms with Crippen molar-refractivity contribution in [2.45, 2.75) is 37.8 Å². The number of imidazole rings is 1. The summed E-state index contributed by atoms with van der Waals surface area (Å²) in [6.07, 6.45) is 8.01. The van der Waals surface area contributed by atoms with Crippen molar-refractivity contribution < 1.29 is 9.90 Å². The predicted octanol–water partition coefficient (Wildman–Crippen LogP) is 4.22. The standard InChI is InChI=1S/C24H23N5O2/c30-19-7-5-18(6-8-19)29-22-4-2-1-3-20(22)27-24(29)28-23(31)17-11-14-26-21(15-17)16-9-12-25-13-10-16/h1-4,9-15,18-19,30H,5-8H2,(H,27,28,31). The Morgan fingerprint density at radius 1 is 1.00 bits per heavy atom. The fourth-order valence-corrected chi connectivity index (χ4v) is 4.24. The largest absolute Gasteiger partial charge is 0.393 e. The quantitative estimate of drug-likeness (QED) is 0.522. The van der Waals surface area contributed by atoms with Gasteiger partial charge in [0.2, 0.25) is 5.95 Å². The van der Waals surface area contributed by atoms with Gasteiger partial charge in [0.25, 0.3) is 5.91 Å². The number of carbonyl (C=O) groups excluding carboxylic acids is 1. The maximum atomic E-state index is 13.1. The number of rotatable bonds is 4. The van der Waals surface area contributed by atoms with E-state index < -0.39 is 0 Å². The molecule has 3 heterocycles. The van der Waals surface area contributed by atoms with Crippen LogP contribution in [0, 0.1) is 0 Å². The summed E-state index contributed by atoms with van der Waals surface area (Å²) >= 11 is 0. The number of nitrogens with zero attached hydrogens (tertiary/aromatic N) is 4. The molecule has 1 aromatic carbocycles. The second kappa shape index (κ2) is 8.28. The number of anilines is 1. The lowest BCUT2D eigenvalue weighted by Gasteiger charge is -2.28. The first kappa shape index (κ1) is 19.4. The van der Waals surface area contributed by atoms with Gasteiger partial charge in [-0.3, -0.25) is 20.1 Å². The number of nitrogens with one attached hydrogen (secondary N) is 1. The summed E-state index contributed by atoms with van der Waals surface area (Å²) in [6, 6.07) is 15.3. The third-order valence-electron chi connectivity index (χ3n) is 5.85. The molecule has 4 aromatic rings. The second-order valence-corrected chi connectivity index (χ2v) is 7.88. The van der Waals surface area contributed by atoms with Crippen molar-refractivity contribution in [2.24, 2.45) is 0 Å². The molecule has 1 saturated carbocycles. The van der Waals surface area contributed by atoms with Crippen LogP contribution in [-0.2, 0) is 0 Å². The number of benzene rings is 1. The lowest BCUT2D eigenvalue weighted by Crippen LogP contribution is -2.23. The second-order valence-electron chi connectivity index (χ2n) is 7.88. The van der Waals surface area contributed by atoms with E-state index in [4.69, 9.17) is 4.98 Å². The molecule has 1 aliphatic carbocycles. The Bertz CT molecular complexity index is 1210. The summed E-state index contributed by atoms with van der Waals surface area (Å²) < 4.78 is 2.12. The van der Waals surface area contributed by atoms with Gasteiger partial charge in [-0.25, -0.2) is 4.98 Å². The molecule has 0 aliphatic heterocycles. The number of hydrogen-bond acceptors (Lipinski definition) is 5. The van der Waals surface area contributed by atoms with Crippen LogP contribution < -0.4 is 5.32 Å². The molecule has 0 unspecified atom stereocenters. The van der Waals surface area contributed by atoms with Crippen LogP contribution in [0.1, 0.15) is 42.1 Å². The number of pyridine rings is 2. The SMILES string of the molecule is O=C(Nc1nc2ccccc2n1C1CCC(O)CC1)c1ccnc(-c2ccncc2)c1. The minimum Gasteiger partial charge on any atom is -0.393 e. The molecule has 0 saturated heterocycles. The number of para-hydroxylation sites is 2. The van der Waals surface area contributed by atoms with Gasteiger partial charge in [0.15, 0.2) is 0 Å². The number of aliphatic hydroxyl groups is 1. The number of carbonyl (C=O) groups is 1. The molecule has 0 spiro atoms. The number of hydrogen-bond donors (Lipinski definition) is 2. The zero-order valence-corrected chi connectivity index (χ0v) is 17.0. The van der Waals surface area contributed by atoms with E-state index in [2.05, 4.69) is 19.9 Å². The van der Waals surface area contributed by atoms with Gasteiger partial charge in [-0.15, -0.1) is 0 Å². The number of aliphatic hydroxyl groups excluding tert-OH is 1. The molecule has 7 nitrogen and oxygen atoms in total. The summed E-state index contributed by atoms with van der Waals surface area (Å²) in [5, 5.41) is 12.9. The minimum absolute atomic E-state index is 0.191. The monoisotopic (exact) mass is 413 g/mol. The maximum absolute atomic E-state index is 13.1. The van der Waals surface area contributed by atoms with E-state index in [1.165, 1.54) is 0 Å². The Hall–Kier alpha value is -3.58. The molecule has 0 radical (unpaired) electrons. The fourth-order valence-electron chi connectivity index (χ4n) is 4.24. The number of fused-ring (bicyclic) bond motifs is 1. The first-order valence-corrected chi connectivity index (χ1v) is 10.5. The fraction of sp³-hybridized carbons (Fsp3) is 0.250. The van der Waals surface area contributed by atoms with Crippen LogP contribution in [0.2, 0.25) is 0 Å². The Morgan fingerprint density at radius 2 is 1.77 bits per heavy atom. The van der Waals surface area contributed by atoms with Gasteiger partial charge in [-0.05, 0) is 62.1 Å². The van der Waals surface area contributed by atoms with Crippen LogP contribution in [0.4, 0.5) is 5.95 Å². The topological polar surface area (TPSA) is 92.9 Å². The van der Waals surface area contributed by atoms with Crippen molar-refractivity contribution in [3.8, 4) is 11.3 Å². The van der Waals surface area contributed by atoms with Crippen LogP contribution in [0.5, 0.6) is 0 Å². The van der Waals surface area contributed by atoms with Crippen molar-refractivity contribution in [3.05, 3.63) is 72.7 Å². The predicted molar refractivity (Wildman–Crippen MR) is 119 cm³/mol. The first-order chi connectivity index (χ1) is 15.2. The van der Waals surface area contributed by atoms with Crippen molar-refractivity contribution in [3.63, 3.8) is 0 Å². The Morgan fingerprint density at radius 3 is 2.58 bits per heavy atom. The molecule has 1 amide bonds. The highest BCUT2D eigenvalue weighted by molar-refractivity contribution is 6.04. The molecule has 1 aliphatic rings. The van der Waals surface area contributed by atoms with Crippen molar-refractivity contribution in [1.82, 2.24) is 19.5 Å². The van der Waals surface area contributed by atoms with Gasteiger partial charge in [0.1, 0.15) is 0 Å². The summed E-state index contributed by atoms with van der Waals surface area (Å²) in [4.78, 5) is 26.2. The van der Waals surface area contributed by atoms with Crippen LogP contribution in [-0.4, -0.2) is 36.6 Å². The average molecular weight is 413 g/mol. The van der Waals surface area contributed by atoms with Crippen molar-refractivity contribution in [2.75, 3.05) is 5.32 Å². The molecule has 0 atom stereocenters. The zero-order valence-electron chi connectivity index (χ0n) is 17.0. The van der Waals surface area contributed by atoms with Crippen LogP contribution in [0.3, 0.4) is 0 Å². The Balaban J connectivity index is 1.47. The van der Waals surface area contributed by atoms with E-state index in [1.54, 1.807) is 30.7 Å². The molecule has 5 rings (SSSR count). The first-order valence-electron chi connectivity index (χ1n) is 10.5. The maximum Gasteiger partial charge on any atom is 0.258 e. The van der Waals surface area contributed by atoms with E-state index in [0.717, 1.165) is 42.3 Å². The highest BCUT2D eigenvalue weighted by atomic mass is 16.3. The molecule has 0 bridgehead atoms. The third kappa shape index (κ3) is 3.92. The normalized spacial score (nSPS) is 18.7. The van der Waals surface area contributed by atoms with Gasteiger partial charge < -0.3 is 9.67 Å². The molecular weight excluding hydrogens is 390 g/mol. The van der Waals surface area contributed by atoms with Gasteiger partial charge in [-0.1, -0.05) is 12.1 Å². The van der Waals surface area contributed by atoms with Gasteiger partial charge in [0, 0.05) is 35.8 Å². The zero-order chi connectivity index (χ0) is 21.2. The Labute approximate surface area is 179 Å². The van der Waals surface area contributed by atoms with Gasteiger partial charge in [0.05, 0.1) is 22.8 Å². The van der Waals surface area contributed by atoms with Crippen molar-refractivity contribution in [1.29, 1.82) is 0 Å². The summed E-state index contributed by atoms with van der Waals surface area (Å²) in [6.45, 7) is 0. The minimum atomic E-state index is -0.243. The molecule has 1 fully saturated rings. The van der Waals surface area contributed by atoms with Gasteiger partial charge >= 0.3 is 0 Å². The average Bonchev–Trinajstić information content (AvgIpc) is 3.18. The number of amides is 1. The van der Waals surface area contributed by atoms with Crippen LogP contribution >= 0.6 is 0 Å².